The van der Waals surface area contributed by atoms with E-state index in [1.54, 1.807) is 36.4 Å². The summed E-state index contributed by atoms with van der Waals surface area (Å²) in [6.45, 7) is 8.59. The number of sulfone groups is 1. The molecule has 3 unspecified atom stereocenters. The molecular weight excluding hydrogens is 472 g/mol. The molecule has 2 aromatic carbocycles. The maximum absolute atomic E-state index is 12.9. The third-order valence-corrected chi connectivity index (χ3v) is 8.47. The van der Waals surface area contributed by atoms with Gasteiger partial charge in [-0.15, -0.1) is 0 Å². The number of epoxide rings is 1. The summed E-state index contributed by atoms with van der Waals surface area (Å²) in [7, 11) is -3.61. The van der Waals surface area contributed by atoms with Crippen molar-refractivity contribution in [3.63, 3.8) is 0 Å². The van der Waals surface area contributed by atoms with Crippen LogP contribution in [0.1, 0.15) is 65.4 Å². The number of nitrogens with one attached hydrogen (secondary N) is 1. The molecule has 0 bridgehead atoms. The predicted octanol–water partition coefficient (Wildman–Crippen LogP) is 5.67. The smallest absolute Gasteiger partial charge is 0.225 e. The molecule has 3 N–H and O–H groups in total. The van der Waals surface area contributed by atoms with Crippen LogP contribution in [0.2, 0.25) is 0 Å². The van der Waals surface area contributed by atoms with Crippen LogP contribution in [-0.2, 0) is 25.9 Å². The Morgan fingerprint density at radius 3 is 2.31 bits per heavy atom. The Labute approximate surface area is 216 Å². The lowest BCUT2D eigenvalue weighted by Crippen LogP contribution is -2.37. The monoisotopic (exact) mass is 512 g/mol. The molecule has 1 fully saturated rings. The van der Waals surface area contributed by atoms with E-state index in [1.807, 2.05) is 13.8 Å². The van der Waals surface area contributed by atoms with Gasteiger partial charge in [-0.1, -0.05) is 64.8 Å². The summed E-state index contributed by atoms with van der Waals surface area (Å²) < 4.78 is 31.3. The molecule has 1 heterocycles. The van der Waals surface area contributed by atoms with Crippen molar-refractivity contribution in [1.29, 1.82) is 0 Å². The number of amides is 1. The highest BCUT2D eigenvalue weighted by atomic mass is 32.2. The Morgan fingerprint density at radius 1 is 1.08 bits per heavy atom. The van der Waals surface area contributed by atoms with Gasteiger partial charge in [-0.2, -0.15) is 0 Å². The zero-order valence-corrected chi connectivity index (χ0v) is 22.7. The normalized spacial score (nSPS) is 18.8. The van der Waals surface area contributed by atoms with Gasteiger partial charge in [0.1, 0.15) is 0 Å². The second-order valence-corrected chi connectivity index (χ2v) is 12.4. The molecule has 196 valence electrons. The van der Waals surface area contributed by atoms with Crippen LogP contribution in [0.3, 0.4) is 0 Å². The van der Waals surface area contributed by atoms with Gasteiger partial charge < -0.3 is 15.8 Å². The van der Waals surface area contributed by atoms with Crippen LogP contribution in [0.5, 0.6) is 0 Å². The van der Waals surface area contributed by atoms with Gasteiger partial charge in [0.05, 0.1) is 22.0 Å². The quantitative estimate of drug-likeness (QED) is 0.204. The van der Waals surface area contributed by atoms with Gasteiger partial charge in [-0.3, -0.25) is 4.79 Å². The van der Waals surface area contributed by atoms with Gasteiger partial charge >= 0.3 is 0 Å². The first kappa shape index (κ1) is 27.9. The van der Waals surface area contributed by atoms with Crippen molar-refractivity contribution < 1.29 is 17.9 Å². The van der Waals surface area contributed by atoms with Crippen molar-refractivity contribution in [2.75, 3.05) is 5.73 Å². The molecule has 1 saturated heterocycles. The van der Waals surface area contributed by atoms with Gasteiger partial charge in [0.2, 0.25) is 15.7 Å². The molecule has 6 nitrogen and oxygen atoms in total. The molecule has 2 aromatic rings. The first-order valence-corrected chi connectivity index (χ1v) is 14.3. The molecule has 0 saturated carbocycles. The van der Waals surface area contributed by atoms with Crippen LogP contribution in [0.25, 0.3) is 0 Å². The number of unbranched alkanes of at least 4 members (excludes halogenated alkanes) is 1. The standard InChI is InChI=1S/C29H40N2O4S/c1-5-6-9-26-27(35-26)10-7-8-21(2)19-29(3,4)28(32)31-20-22-11-15-24(16-12-22)36(33,34)25-17-13-23(30)14-18-25/h7-8,11-18,21,26-27H,5-6,9-10,19-20,30H2,1-4H3,(H,31,32)/b8-7+. The molecule has 36 heavy (non-hydrogen) atoms. The number of carbonyl (C=O) groups is 1. The lowest BCUT2D eigenvalue weighted by Gasteiger charge is -2.26. The highest BCUT2D eigenvalue weighted by molar-refractivity contribution is 7.91. The van der Waals surface area contributed by atoms with Gasteiger partial charge in [0.25, 0.3) is 0 Å². The first-order valence-electron chi connectivity index (χ1n) is 12.8. The Hall–Kier alpha value is -2.64. The van der Waals surface area contributed by atoms with Crippen LogP contribution in [0.4, 0.5) is 5.69 Å². The number of hydrogen-bond acceptors (Lipinski definition) is 5. The molecule has 3 atom stereocenters. The van der Waals surface area contributed by atoms with Crippen LogP contribution >= 0.6 is 0 Å². The maximum atomic E-state index is 12.9. The largest absolute Gasteiger partial charge is 0.399 e. The molecular formula is C29H40N2O4S. The van der Waals surface area contributed by atoms with Gasteiger partial charge in [-0.05, 0) is 67.1 Å². The third-order valence-electron chi connectivity index (χ3n) is 6.69. The summed E-state index contributed by atoms with van der Waals surface area (Å²) in [6.07, 6.45) is 10.4. The summed E-state index contributed by atoms with van der Waals surface area (Å²) in [5.41, 5.74) is 6.48. The number of allylic oxidation sites excluding steroid dienone is 1. The van der Waals surface area contributed by atoms with E-state index >= 15 is 0 Å². The number of nitrogen functional groups attached to an aromatic ring is 1. The molecule has 7 heteroatoms. The van der Waals surface area contributed by atoms with Crippen molar-refractivity contribution in [3.05, 3.63) is 66.2 Å². The second-order valence-electron chi connectivity index (χ2n) is 10.5. The van der Waals surface area contributed by atoms with Crippen molar-refractivity contribution in [3.8, 4) is 0 Å². The fourth-order valence-corrected chi connectivity index (χ4v) is 5.71. The van der Waals surface area contributed by atoms with E-state index < -0.39 is 15.3 Å². The van der Waals surface area contributed by atoms with Gasteiger partial charge in [-0.25, -0.2) is 8.42 Å². The molecule has 0 radical (unpaired) electrons. The highest BCUT2D eigenvalue weighted by Gasteiger charge is 2.36. The molecule has 0 aromatic heterocycles. The summed E-state index contributed by atoms with van der Waals surface area (Å²) in [4.78, 5) is 13.3. The summed E-state index contributed by atoms with van der Waals surface area (Å²) in [6, 6.07) is 12.7. The van der Waals surface area contributed by atoms with Crippen LogP contribution in [0, 0.1) is 11.3 Å². The number of ether oxygens (including phenoxy) is 1. The van der Waals surface area contributed by atoms with E-state index in [4.69, 9.17) is 10.5 Å². The first-order chi connectivity index (χ1) is 17.0. The van der Waals surface area contributed by atoms with Crippen molar-refractivity contribution in [2.45, 2.75) is 88.3 Å². The zero-order chi connectivity index (χ0) is 26.3. The van der Waals surface area contributed by atoms with Crippen LogP contribution < -0.4 is 11.1 Å². The maximum Gasteiger partial charge on any atom is 0.225 e. The van der Waals surface area contributed by atoms with Crippen molar-refractivity contribution in [1.82, 2.24) is 5.32 Å². The average molecular weight is 513 g/mol. The van der Waals surface area contributed by atoms with E-state index in [2.05, 4.69) is 31.3 Å². The number of hydrogen-bond donors (Lipinski definition) is 2. The van der Waals surface area contributed by atoms with E-state index in [-0.39, 0.29) is 21.6 Å². The lowest BCUT2D eigenvalue weighted by molar-refractivity contribution is -0.130. The minimum absolute atomic E-state index is 0.0218. The minimum Gasteiger partial charge on any atom is -0.399 e. The molecule has 3 rings (SSSR count). The lowest BCUT2D eigenvalue weighted by atomic mass is 9.82. The Morgan fingerprint density at radius 2 is 1.69 bits per heavy atom. The summed E-state index contributed by atoms with van der Waals surface area (Å²) in [5.74, 6) is 0.253. The number of anilines is 1. The minimum atomic E-state index is -3.61. The van der Waals surface area contributed by atoms with E-state index in [0.717, 1.165) is 24.8 Å². The Kier molecular flexibility index (Phi) is 9.36. The fourth-order valence-electron chi connectivity index (χ4n) is 4.45. The SMILES string of the molecule is CCCCC1OC1C/C=C/C(C)CC(C)(C)C(=O)NCc1ccc(S(=O)(=O)c2ccc(N)cc2)cc1. The highest BCUT2D eigenvalue weighted by Crippen LogP contribution is 2.31. The van der Waals surface area contributed by atoms with Crippen LogP contribution in [-0.4, -0.2) is 26.5 Å². The van der Waals surface area contributed by atoms with E-state index in [9.17, 15) is 13.2 Å². The van der Waals surface area contributed by atoms with E-state index in [0.29, 0.717) is 24.4 Å². The van der Waals surface area contributed by atoms with Crippen molar-refractivity contribution in [2.24, 2.45) is 11.3 Å². The molecule has 1 amide bonds. The molecule has 1 aliphatic rings. The summed E-state index contributed by atoms with van der Waals surface area (Å²) >= 11 is 0. The Balaban J connectivity index is 1.47. The Bertz CT molecular complexity index is 1140. The average Bonchev–Trinajstić information content (AvgIpc) is 3.59. The molecule has 0 aliphatic carbocycles. The van der Waals surface area contributed by atoms with Gasteiger partial charge in [0.15, 0.2) is 0 Å². The second kappa shape index (κ2) is 12.1. The fraction of sp³-hybridized carbons (Fsp3) is 0.483. The van der Waals surface area contributed by atoms with E-state index in [1.165, 1.54) is 25.0 Å². The predicted molar refractivity (Wildman–Crippen MR) is 144 cm³/mol. The number of nitrogens with two attached hydrogens (primary N) is 1. The third kappa shape index (κ3) is 7.68. The number of carbonyl (C=O) groups excluding carboxylic acids is 1. The topological polar surface area (TPSA) is 102 Å². The molecule has 0 spiro atoms. The summed E-state index contributed by atoms with van der Waals surface area (Å²) in [5, 5.41) is 3.00. The van der Waals surface area contributed by atoms with Gasteiger partial charge in [0, 0.05) is 17.6 Å². The molecule has 1 aliphatic heterocycles. The number of rotatable bonds is 13. The zero-order valence-electron chi connectivity index (χ0n) is 21.9. The number of benzene rings is 2. The van der Waals surface area contributed by atoms with Crippen LogP contribution in [0.15, 0.2) is 70.5 Å². The van der Waals surface area contributed by atoms with Crippen molar-refractivity contribution >= 4 is 21.4 Å².